The highest BCUT2D eigenvalue weighted by atomic mass is 16.5. The Hall–Kier alpha value is -4.43. The van der Waals surface area contributed by atoms with E-state index in [0.29, 0.717) is 35.5 Å². The Balaban J connectivity index is 1.55. The molecule has 0 amide bonds. The van der Waals surface area contributed by atoms with E-state index in [1.54, 1.807) is 24.5 Å². The number of rotatable bonds is 8. The maximum absolute atomic E-state index is 9.73. The first-order valence-electron chi connectivity index (χ1n) is 9.83. The van der Waals surface area contributed by atoms with Gasteiger partial charge in [0, 0.05) is 31.2 Å². The van der Waals surface area contributed by atoms with Crippen LogP contribution in [0.5, 0.6) is 11.5 Å². The van der Waals surface area contributed by atoms with E-state index >= 15 is 0 Å². The van der Waals surface area contributed by atoms with Gasteiger partial charge in [-0.3, -0.25) is 4.98 Å². The second-order valence-electron chi connectivity index (χ2n) is 7.14. The Morgan fingerprint density at radius 3 is 2.50 bits per heavy atom. The summed E-state index contributed by atoms with van der Waals surface area (Å²) in [5.74, 6) is 2.17. The van der Waals surface area contributed by atoms with Crippen LogP contribution in [0.3, 0.4) is 0 Å². The van der Waals surface area contributed by atoms with Gasteiger partial charge in [0.1, 0.15) is 23.1 Å². The van der Waals surface area contributed by atoms with Gasteiger partial charge in [-0.2, -0.15) is 19.7 Å². The van der Waals surface area contributed by atoms with E-state index in [0.717, 1.165) is 12.2 Å². The average molecular weight is 430 g/mol. The Labute approximate surface area is 184 Å². The van der Waals surface area contributed by atoms with E-state index in [1.807, 2.05) is 43.3 Å². The van der Waals surface area contributed by atoms with Crippen LogP contribution in [-0.4, -0.2) is 56.7 Å². The van der Waals surface area contributed by atoms with Crippen molar-refractivity contribution in [2.24, 2.45) is 0 Å². The monoisotopic (exact) mass is 430 g/mol. The lowest BCUT2D eigenvalue weighted by atomic mass is 10.2. The number of anilines is 4. The summed E-state index contributed by atoms with van der Waals surface area (Å²) in [5.41, 5.74) is 7.37. The third kappa shape index (κ3) is 4.66. The van der Waals surface area contributed by atoms with Crippen LogP contribution in [0.15, 0.2) is 48.8 Å². The standard InChI is InChI=1S/C21H22N10O/c1-30(2)12-11-25-21-27-19-17(13-22)18(29-31(19)20(23)28-21)26-14-3-5-15(6-4-14)32-16-7-9-24-10-8-16/h3-10H,11-12H2,1-2H3,(H,26,29)(H3,23,25,27,28). The first-order chi connectivity index (χ1) is 15.5. The number of likely N-dealkylation sites (N-methyl/N-ethyl adjacent to an activating group) is 1. The number of aromatic nitrogens is 5. The average Bonchev–Trinajstić information content (AvgIpc) is 3.13. The zero-order valence-corrected chi connectivity index (χ0v) is 17.6. The molecule has 0 atom stereocenters. The number of nitrogens with one attached hydrogen (secondary N) is 2. The molecule has 0 spiro atoms. The lowest BCUT2D eigenvalue weighted by molar-refractivity contribution is 0.425. The number of hydrogen-bond donors (Lipinski definition) is 3. The number of fused-ring (bicyclic) bond motifs is 1. The number of nitriles is 1. The molecule has 0 aliphatic heterocycles. The summed E-state index contributed by atoms with van der Waals surface area (Å²) in [6.45, 7) is 1.43. The van der Waals surface area contributed by atoms with Crippen molar-refractivity contribution in [2.75, 3.05) is 43.6 Å². The van der Waals surface area contributed by atoms with Crippen LogP contribution in [0.25, 0.3) is 5.65 Å². The van der Waals surface area contributed by atoms with Crippen LogP contribution in [0, 0.1) is 11.3 Å². The molecule has 0 aliphatic carbocycles. The second kappa shape index (κ2) is 9.15. The fraction of sp³-hybridized carbons (Fsp3) is 0.190. The Morgan fingerprint density at radius 2 is 1.81 bits per heavy atom. The number of nitrogens with zero attached hydrogens (tertiary/aromatic N) is 7. The third-order valence-electron chi connectivity index (χ3n) is 4.47. The molecule has 0 radical (unpaired) electrons. The van der Waals surface area contributed by atoms with Crippen LogP contribution >= 0.6 is 0 Å². The zero-order valence-electron chi connectivity index (χ0n) is 17.6. The summed E-state index contributed by atoms with van der Waals surface area (Å²) in [7, 11) is 3.95. The maximum atomic E-state index is 9.73. The normalized spacial score (nSPS) is 10.8. The molecule has 0 fully saturated rings. The van der Waals surface area contributed by atoms with Crippen molar-refractivity contribution in [1.82, 2.24) is 29.5 Å². The summed E-state index contributed by atoms with van der Waals surface area (Å²) in [6.07, 6.45) is 3.33. The van der Waals surface area contributed by atoms with E-state index < -0.39 is 0 Å². The predicted octanol–water partition coefficient (Wildman–Crippen LogP) is 2.48. The number of benzene rings is 1. The lowest BCUT2D eigenvalue weighted by Gasteiger charge is -2.10. The highest BCUT2D eigenvalue weighted by molar-refractivity contribution is 5.73. The minimum absolute atomic E-state index is 0.132. The van der Waals surface area contributed by atoms with Gasteiger partial charge in [0.25, 0.3) is 0 Å². The fourth-order valence-corrected chi connectivity index (χ4v) is 2.90. The fourth-order valence-electron chi connectivity index (χ4n) is 2.90. The molecule has 0 bridgehead atoms. The van der Waals surface area contributed by atoms with Crippen molar-refractivity contribution >= 4 is 29.0 Å². The highest BCUT2D eigenvalue weighted by Gasteiger charge is 2.18. The number of hydrogen-bond acceptors (Lipinski definition) is 10. The molecule has 0 aliphatic rings. The van der Waals surface area contributed by atoms with Gasteiger partial charge in [-0.25, -0.2) is 0 Å². The van der Waals surface area contributed by atoms with Crippen molar-refractivity contribution in [2.45, 2.75) is 0 Å². The van der Waals surface area contributed by atoms with E-state index in [1.165, 1.54) is 4.52 Å². The second-order valence-corrected chi connectivity index (χ2v) is 7.14. The molecule has 4 aromatic rings. The zero-order chi connectivity index (χ0) is 22.5. The van der Waals surface area contributed by atoms with Crippen LogP contribution in [-0.2, 0) is 0 Å². The first-order valence-corrected chi connectivity index (χ1v) is 9.83. The molecule has 4 rings (SSSR count). The number of nitrogens with two attached hydrogens (primary N) is 1. The van der Waals surface area contributed by atoms with Crippen LogP contribution in [0.4, 0.5) is 23.4 Å². The van der Waals surface area contributed by atoms with Gasteiger partial charge in [-0.05, 0) is 50.5 Å². The van der Waals surface area contributed by atoms with E-state index in [4.69, 9.17) is 10.5 Å². The van der Waals surface area contributed by atoms with Gasteiger partial charge in [0.05, 0.1) is 0 Å². The number of nitrogen functional groups attached to an aromatic ring is 1. The summed E-state index contributed by atoms with van der Waals surface area (Å²) in [5, 5.41) is 20.4. The summed E-state index contributed by atoms with van der Waals surface area (Å²) < 4.78 is 7.11. The molecule has 0 saturated carbocycles. The predicted molar refractivity (Wildman–Crippen MR) is 121 cm³/mol. The van der Waals surface area contributed by atoms with E-state index in [2.05, 4.69) is 36.8 Å². The Bertz CT molecular complexity index is 1250. The highest BCUT2D eigenvalue weighted by Crippen LogP contribution is 2.27. The largest absolute Gasteiger partial charge is 0.457 e. The van der Waals surface area contributed by atoms with Gasteiger partial charge >= 0.3 is 0 Å². The van der Waals surface area contributed by atoms with Gasteiger partial charge in [0.15, 0.2) is 11.5 Å². The molecule has 11 heteroatoms. The molecular weight excluding hydrogens is 408 g/mol. The third-order valence-corrected chi connectivity index (χ3v) is 4.47. The quantitative estimate of drug-likeness (QED) is 0.381. The molecule has 162 valence electrons. The van der Waals surface area contributed by atoms with Crippen molar-refractivity contribution < 1.29 is 4.74 Å². The first kappa shape index (κ1) is 20.8. The van der Waals surface area contributed by atoms with Gasteiger partial charge in [0.2, 0.25) is 11.9 Å². The van der Waals surface area contributed by atoms with Crippen molar-refractivity contribution in [3.8, 4) is 17.6 Å². The molecule has 3 aromatic heterocycles. The molecule has 1 aromatic carbocycles. The Morgan fingerprint density at radius 1 is 1.09 bits per heavy atom. The molecule has 0 unspecified atom stereocenters. The smallest absolute Gasteiger partial charge is 0.228 e. The summed E-state index contributed by atoms with van der Waals surface area (Å²) in [6, 6.07) is 13.0. The van der Waals surface area contributed by atoms with Gasteiger partial charge in [-0.1, -0.05) is 0 Å². The lowest BCUT2D eigenvalue weighted by Crippen LogP contribution is -2.22. The molecular formula is C21H22N10O. The number of ether oxygens (including phenoxy) is 1. The molecule has 0 saturated heterocycles. The van der Waals surface area contributed by atoms with E-state index in [-0.39, 0.29) is 11.5 Å². The molecule has 3 heterocycles. The van der Waals surface area contributed by atoms with Gasteiger partial charge in [-0.15, -0.1) is 5.10 Å². The molecule has 4 N–H and O–H groups in total. The molecule has 11 nitrogen and oxygen atoms in total. The molecule has 32 heavy (non-hydrogen) atoms. The minimum Gasteiger partial charge on any atom is -0.457 e. The van der Waals surface area contributed by atoms with Gasteiger partial charge < -0.3 is 26.0 Å². The Kier molecular flexibility index (Phi) is 5.96. The van der Waals surface area contributed by atoms with Crippen molar-refractivity contribution in [1.29, 1.82) is 5.26 Å². The van der Waals surface area contributed by atoms with Crippen molar-refractivity contribution in [3.63, 3.8) is 0 Å². The summed E-state index contributed by atoms with van der Waals surface area (Å²) in [4.78, 5) is 14.6. The number of pyridine rings is 1. The topological polar surface area (TPSA) is 142 Å². The summed E-state index contributed by atoms with van der Waals surface area (Å²) >= 11 is 0. The van der Waals surface area contributed by atoms with Crippen molar-refractivity contribution in [3.05, 3.63) is 54.4 Å². The van der Waals surface area contributed by atoms with E-state index in [9.17, 15) is 5.26 Å². The van der Waals surface area contributed by atoms with Crippen LogP contribution in [0.1, 0.15) is 5.56 Å². The SMILES string of the molecule is CN(C)CCNc1nc(N)n2nc(Nc3ccc(Oc4ccncc4)cc3)c(C#N)c2n1. The van der Waals surface area contributed by atoms with Crippen LogP contribution in [0.2, 0.25) is 0 Å². The van der Waals surface area contributed by atoms with Crippen LogP contribution < -0.4 is 21.1 Å². The maximum Gasteiger partial charge on any atom is 0.228 e. The minimum atomic E-state index is 0.132.